The first-order valence-electron chi connectivity index (χ1n) is 7.42. The first kappa shape index (κ1) is 15.9. The van der Waals surface area contributed by atoms with E-state index in [0.29, 0.717) is 11.4 Å². The minimum absolute atomic E-state index is 0.0273. The number of ether oxygens (including phenoxy) is 2. The van der Waals surface area contributed by atoms with Crippen molar-refractivity contribution >= 4 is 11.6 Å². The summed E-state index contributed by atoms with van der Waals surface area (Å²) in [5.41, 5.74) is 0.697. The monoisotopic (exact) mass is 299 g/mol. The Hall–Kier alpha value is -2.49. The highest BCUT2D eigenvalue weighted by atomic mass is 16.5. The van der Waals surface area contributed by atoms with Crippen LogP contribution in [0.4, 0.5) is 5.69 Å². The van der Waals surface area contributed by atoms with Crippen molar-refractivity contribution in [3.63, 3.8) is 0 Å². The van der Waals surface area contributed by atoms with Crippen LogP contribution in [0, 0.1) is 0 Å². The number of carbonyl (C=O) groups excluding carboxylic acids is 1. The smallest absolute Gasteiger partial charge is 0.262 e. The number of para-hydroxylation sites is 1. The van der Waals surface area contributed by atoms with E-state index in [9.17, 15) is 4.79 Å². The summed E-state index contributed by atoms with van der Waals surface area (Å²) in [6.45, 7) is 4.05. The van der Waals surface area contributed by atoms with Gasteiger partial charge in [0.15, 0.2) is 6.61 Å². The van der Waals surface area contributed by atoms with Gasteiger partial charge >= 0.3 is 0 Å². The third-order valence-corrected chi connectivity index (χ3v) is 3.14. The van der Waals surface area contributed by atoms with Gasteiger partial charge in [-0.1, -0.05) is 31.2 Å². The van der Waals surface area contributed by atoms with Gasteiger partial charge in [0.2, 0.25) is 0 Å². The zero-order valence-corrected chi connectivity index (χ0v) is 12.9. The molecule has 0 spiro atoms. The Morgan fingerprint density at radius 3 is 2.55 bits per heavy atom. The molecule has 116 valence electrons. The summed E-state index contributed by atoms with van der Waals surface area (Å²) < 4.78 is 11.1. The van der Waals surface area contributed by atoms with Crippen LogP contribution in [0.1, 0.15) is 20.3 Å². The Morgan fingerprint density at radius 1 is 1.09 bits per heavy atom. The molecule has 1 atom stereocenters. The van der Waals surface area contributed by atoms with Crippen molar-refractivity contribution in [1.29, 1.82) is 0 Å². The average Bonchev–Trinajstić information content (AvgIpc) is 2.54. The van der Waals surface area contributed by atoms with E-state index in [1.165, 1.54) is 0 Å². The Bertz CT molecular complexity index is 598. The lowest BCUT2D eigenvalue weighted by atomic mass is 10.2. The van der Waals surface area contributed by atoms with Crippen molar-refractivity contribution in [2.75, 3.05) is 11.9 Å². The molecule has 1 N–H and O–H groups in total. The average molecular weight is 299 g/mol. The highest BCUT2D eigenvalue weighted by Crippen LogP contribution is 2.19. The maximum absolute atomic E-state index is 11.9. The van der Waals surface area contributed by atoms with E-state index in [2.05, 4.69) is 12.2 Å². The molecule has 0 fully saturated rings. The maximum atomic E-state index is 11.9. The molecule has 0 aromatic heterocycles. The van der Waals surface area contributed by atoms with Crippen molar-refractivity contribution in [3.8, 4) is 11.5 Å². The number of anilines is 1. The Kier molecular flexibility index (Phi) is 5.83. The van der Waals surface area contributed by atoms with Crippen LogP contribution in [0.5, 0.6) is 11.5 Å². The summed E-state index contributed by atoms with van der Waals surface area (Å²) in [6, 6.07) is 16.6. The largest absolute Gasteiger partial charge is 0.491 e. The molecule has 0 aliphatic heterocycles. The van der Waals surface area contributed by atoms with Crippen molar-refractivity contribution in [3.05, 3.63) is 54.6 Å². The molecule has 2 aromatic carbocycles. The van der Waals surface area contributed by atoms with E-state index in [4.69, 9.17) is 9.47 Å². The molecule has 0 saturated heterocycles. The van der Waals surface area contributed by atoms with Crippen LogP contribution in [0.2, 0.25) is 0 Å². The van der Waals surface area contributed by atoms with E-state index in [-0.39, 0.29) is 18.6 Å². The number of amides is 1. The third kappa shape index (κ3) is 5.13. The Labute approximate surface area is 131 Å². The summed E-state index contributed by atoms with van der Waals surface area (Å²) in [7, 11) is 0. The second-order valence-electron chi connectivity index (χ2n) is 5.01. The second-order valence-corrected chi connectivity index (χ2v) is 5.01. The van der Waals surface area contributed by atoms with Crippen molar-refractivity contribution in [1.82, 2.24) is 0 Å². The zero-order valence-electron chi connectivity index (χ0n) is 12.9. The Balaban J connectivity index is 1.87. The van der Waals surface area contributed by atoms with Gasteiger partial charge < -0.3 is 14.8 Å². The summed E-state index contributed by atoms with van der Waals surface area (Å²) in [5, 5.41) is 2.80. The minimum atomic E-state index is -0.204. The molecule has 22 heavy (non-hydrogen) atoms. The lowest BCUT2D eigenvalue weighted by Crippen LogP contribution is -2.20. The van der Waals surface area contributed by atoms with Crippen LogP contribution >= 0.6 is 0 Å². The van der Waals surface area contributed by atoms with Crippen LogP contribution < -0.4 is 14.8 Å². The fourth-order valence-corrected chi connectivity index (χ4v) is 1.83. The highest BCUT2D eigenvalue weighted by molar-refractivity contribution is 5.92. The van der Waals surface area contributed by atoms with Gasteiger partial charge in [-0.3, -0.25) is 4.79 Å². The number of nitrogens with one attached hydrogen (secondary N) is 1. The van der Waals surface area contributed by atoms with Crippen molar-refractivity contribution in [2.24, 2.45) is 0 Å². The summed E-state index contributed by atoms with van der Waals surface area (Å²) in [6.07, 6.45) is 1.08. The molecule has 1 unspecified atom stereocenters. The van der Waals surface area contributed by atoms with Gasteiger partial charge in [-0.2, -0.15) is 0 Å². The normalized spacial score (nSPS) is 11.5. The summed E-state index contributed by atoms with van der Waals surface area (Å²) in [4.78, 5) is 11.9. The summed E-state index contributed by atoms with van der Waals surface area (Å²) >= 11 is 0. The Morgan fingerprint density at radius 2 is 1.82 bits per heavy atom. The molecule has 2 rings (SSSR count). The third-order valence-electron chi connectivity index (χ3n) is 3.14. The van der Waals surface area contributed by atoms with Crippen molar-refractivity contribution in [2.45, 2.75) is 26.4 Å². The lowest BCUT2D eigenvalue weighted by Gasteiger charge is -2.13. The molecule has 0 aliphatic carbocycles. The molecule has 2 aromatic rings. The molecular weight excluding hydrogens is 278 g/mol. The number of carbonyl (C=O) groups is 1. The fourth-order valence-electron chi connectivity index (χ4n) is 1.83. The molecular formula is C18H21NO3. The molecule has 0 bridgehead atoms. The van der Waals surface area contributed by atoms with E-state index < -0.39 is 0 Å². The predicted octanol–water partition coefficient (Wildman–Crippen LogP) is 3.88. The predicted molar refractivity (Wildman–Crippen MR) is 87.4 cm³/mol. The van der Waals surface area contributed by atoms with Gasteiger partial charge in [-0.05, 0) is 37.6 Å². The van der Waals surface area contributed by atoms with Crippen LogP contribution in [-0.2, 0) is 4.79 Å². The first-order chi connectivity index (χ1) is 10.7. The van der Waals surface area contributed by atoms with Gasteiger partial charge in [-0.25, -0.2) is 0 Å². The molecule has 4 heteroatoms. The van der Waals surface area contributed by atoms with Gasteiger partial charge in [0.25, 0.3) is 5.91 Å². The standard InChI is InChI=1S/C18H21NO3/c1-3-14(2)22-17-11-7-8-15(12-17)19-18(20)13-21-16-9-5-4-6-10-16/h4-12,14H,3,13H2,1-2H3,(H,19,20). The molecule has 0 saturated carbocycles. The lowest BCUT2D eigenvalue weighted by molar-refractivity contribution is -0.118. The van der Waals surface area contributed by atoms with Gasteiger partial charge in [0.1, 0.15) is 11.5 Å². The fraction of sp³-hybridized carbons (Fsp3) is 0.278. The van der Waals surface area contributed by atoms with Crippen molar-refractivity contribution < 1.29 is 14.3 Å². The molecule has 1 amide bonds. The van der Waals surface area contributed by atoms with Crippen LogP contribution in [0.25, 0.3) is 0 Å². The van der Waals surface area contributed by atoms with Gasteiger partial charge in [-0.15, -0.1) is 0 Å². The molecule has 4 nitrogen and oxygen atoms in total. The quantitative estimate of drug-likeness (QED) is 0.844. The maximum Gasteiger partial charge on any atom is 0.262 e. The van der Waals surface area contributed by atoms with Crippen LogP contribution in [-0.4, -0.2) is 18.6 Å². The van der Waals surface area contributed by atoms with Gasteiger partial charge in [0, 0.05) is 11.8 Å². The number of hydrogen-bond donors (Lipinski definition) is 1. The van der Waals surface area contributed by atoms with Crippen LogP contribution in [0.3, 0.4) is 0 Å². The molecule has 0 heterocycles. The summed E-state index contributed by atoms with van der Waals surface area (Å²) in [5.74, 6) is 1.21. The van der Waals surface area contributed by atoms with E-state index in [0.717, 1.165) is 12.2 Å². The SMILES string of the molecule is CCC(C)Oc1cccc(NC(=O)COc2ccccc2)c1. The second kappa shape index (κ2) is 8.08. The number of benzene rings is 2. The van der Waals surface area contributed by atoms with E-state index >= 15 is 0 Å². The molecule has 0 aliphatic rings. The minimum Gasteiger partial charge on any atom is -0.491 e. The topological polar surface area (TPSA) is 47.6 Å². The van der Waals surface area contributed by atoms with E-state index in [1.54, 1.807) is 0 Å². The number of rotatable bonds is 7. The molecule has 0 radical (unpaired) electrons. The van der Waals surface area contributed by atoms with Gasteiger partial charge in [0.05, 0.1) is 6.10 Å². The highest BCUT2D eigenvalue weighted by Gasteiger charge is 2.06. The van der Waals surface area contributed by atoms with E-state index in [1.807, 2.05) is 61.5 Å². The first-order valence-corrected chi connectivity index (χ1v) is 7.42. The number of hydrogen-bond acceptors (Lipinski definition) is 3. The zero-order chi connectivity index (χ0) is 15.8. The van der Waals surface area contributed by atoms with Crippen LogP contribution in [0.15, 0.2) is 54.6 Å².